The molecule has 17 heavy (non-hydrogen) atoms. The average molecular weight is 304 g/mol. The zero-order valence-electron chi connectivity index (χ0n) is 11.0. The summed E-state index contributed by atoms with van der Waals surface area (Å²) in [5.41, 5.74) is -0.239. The van der Waals surface area contributed by atoms with Crippen molar-refractivity contribution >= 4 is 22.0 Å². The molecule has 2 atom stereocenters. The summed E-state index contributed by atoms with van der Waals surface area (Å²) in [6, 6.07) is 0. The van der Waals surface area contributed by atoms with Crippen molar-refractivity contribution in [1.82, 2.24) is 4.90 Å². The van der Waals surface area contributed by atoms with Crippen LogP contribution in [0.5, 0.6) is 0 Å². The van der Waals surface area contributed by atoms with Crippen LogP contribution in [-0.4, -0.2) is 34.0 Å². The van der Waals surface area contributed by atoms with Crippen molar-refractivity contribution in [2.45, 2.75) is 57.6 Å². The highest BCUT2D eigenvalue weighted by atomic mass is 79.9. The third-order valence-corrected chi connectivity index (χ3v) is 4.36. The first-order valence-electron chi connectivity index (χ1n) is 6.46. The maximum absolute atomic E-state index is 12.2. The highest BCUT2D eigenvalue weighted by Crippen LogP contribution is 2.58. The molecule has 1 aliphatic heterocycles. The van der Waals surface area contributed by atoms with Crippen LogP contribution >= 0.6 is 15.9 Å². The number of amides is 1. The molecule has 2 fully saturated rings. The lowest BCUT2D eigenvalue weighted by Crippen LogP contribution is -2.43. The average Bonchev–Trinajstić information content (AvgIpc) is 2.79. The van der Waals surface area contributed by atoms with Gasteiger partial charge in [-0.3, -0.25) is 0 Å². The number of rotatable bonds is 3. The fourth-order valence-corrected chi connectivity index (χ4v) is 3.26. The van der Waals surface area contributed by atoms with E-state index in [2.05, 4.69) is 15.9 Å². The number of hydrogen-bond donors (Lipinski definition) is 0. The molecule has 1 saturated heterocycles. The van der Waals surface area contributed by atoms with Gasteiger partial charge in [0, 0.05) is 17.4 Å². The first kappa shape index (κ1) is 13.2. The summed E-state index contributed by atoms with van der Waals surface area (Å²) >= 11 is 3.47. The quantitative estimate of drug-likeness (QED) is 0.746. The Hall–Kier alpha value is -0.250. The molecule has 0 spiro atoms. The van der Waals surface area contributed by atoms with Crippen molar-refractivity contribution in [1.29, 1.82) is 0 Å². The summed E-state index contributed by atoms with van der Waals surface area (Å²) in [6.07, 6.45) is 4.46. The highest BCUT2D eigenvalue weighted by molar-refractivity contribution is 9.09. The molecule has 0 bridgehead atoms. The molecular formula is C13H22BrNO2. The number of fused-ring (bicyclic) bond motifs is 1. The topological polar surface area (TPSA) is 29.5 Å². The molecule has 0 aromatic heterocycles. The number of piperidine rings is 1. The minimum atomic E-state index is -0.388. The normalized spacial score (nSPS) is 31.3. The van der Waals surface area contributed by atoms with Gasteiger partial charge in [-0.2, -0.15) is 0 Å². The molecule has 2 aliphatic rings. The number of nitrogens with zero attached hydrogens (tertiary/aromatic N) is 1. The van der Waals surface area contributed by atoms with Gasteiger partial charge in [0.1, 0.15) is 5.60 Å². The van der Waals surface area contributed by atoms with Crippen LogP contribution in [0.4, 0.5) is 4.79 Å². The lowest BCUT2D eigenvalue weighted by Gasteiger charge is -2.31. The molecule has 1 saturated carbocycles. The van der Waals surface area contributed by atoms with Crippen molar-refractivity contribution in [2.24, 2.45) is 5.92 Å². The van der Waals surface area contributed by atoms with E-state index < -0.39 is 0 Å². The van der Waals surface area contributed by atoms with Crippen molar-refractivity contribution in [3.05, 3.63) is 0 Å². The van der Waals surface area contributed by atoms with Gasteiger partial charge in [0.05, 0.1) is 0 Å². The van der Waals surface area contributed by atoms with Crippen molar-refractivity contribution in [3.8, 4) is 0 Å². The Morgan fingerprint density at radius 2 is 2.24 bits per heavy atom. The number of hydrogen-bond acceptors (Lipinski definition) is 2. The molecule has 2 rings (SSSR count). The van der Waals surface area contributed by atoms with Crippen LogP contribution in [0, 0.1) is 5.92 Å². The van der Waals surface area contributed by atoms with Gasteiger partial charge in [0.2, 0.25) is 0 Å². The van der Waals surface area contributed by atoms with Crippen LogP contribution in [0.3, 0.4) is 0 Å². The molecule has 1 amide bonds. The van der Waals surface area contributed by atoms with Crippen LogP contribution in [0.2, 0.25) is 0 Å². The van der Waals surface area contributed by atoms with E-state index in [0.29, 0.717) is 0 Å². The van der Waals surface area contributed by atoms with Crippen molar-refractivity contribution in [2.75, 3.05) is 11.9 Å². The molecule has 0 aromatic carbocycles. The molecule has 1 aliphatic carbocycles. The summed E-state index contributed by atoms with van der Waals surface area (Å²) in [5.74, 6) is 0.731. The molecule has 3 nitrogen and oxygen atoms in total. The van der Waals surface area contributed by atoms with Crippen molar-refractivity contribution in [3.63, 3.8) is 0 Å². The molecule has 4 heteroatoms. The summed E-state index contributed by atoms with van der Waals surface area (Å²) in [4.78, 5) is 14.2. The predicted molar refractivity (Wildman–Crippen MR) is 71.4 cm³/mol. The van der Waals surface area contributed by atoms with E-state index in [-0.39, 0.29) is 17.2 Å². The number of likely N-dealkylation sites (tertiary alicyclic amines) is 1. The van der Waals surface area contributed by atoms with E-state index in [0.717, 1.165) is 37.1 Å². The molecule has 0 radical (unpaired) electrons. The van der Waals surface area contributed by atoms with Crippen LogP contribution in [0.25, 0.3) is 0 Å². The SMILES string of the molecule is CC(C)(C)OC(=O)N1CCC2CC21CCCBr. The number of halogens is 1. The lowest BCUT2D eigenvalue weighted by atomic mass is 10.1. The number of ether oxygens (including phenoxy) is 1. The Kier molecular flexibility index (Phi) is 3.45. The second-order valence-corrected chi connectivity index (χ2v) is 7.01. The standard InChI is InChI=1S/C13H22BrNO2/c1-12(2,3)17-11(16)15-8-5-10-9-13(10,15)6-4-7-14/h10H,4-9H2,1-3H3. The lowest BCUT2D eigenvalue weighted by molar-refractivity contribution is 0.0166. The zero-order valence-corrected chi connectivity index (χ0v) is 12.5. The van der Waals surface area contributed by atoms with Crippen molar-refractivity contribution < 1.29 is 9.53 Å². The Labute approximate surface area is 112 Å². The summed E-state index contributed by atoms with van der Waals surface area (Å²) in [5, 5.41) is 1.02. The Bertz CT molecular complexity index is 313. The first-order chi connectivity index (χ1) is 7.89. The molecular weight excluding hydrogens is 282 g/mol. The smallest absolute Gasteiger partial charge is 0.410 e. The third kappa shape index (κ3) is 2.61. The summed E-state index contributed by atoms with van der Waals surface area (Å²) in [6.45, 7) is 6.66. The van der Waals surface area contributed by atoms with Gasteiger partial charge < -0.3 is 9.64 Å². The highest BCUT2D eigenvalue weighted by Gasteiger charge is 2.63. The Morgan fingerprint density at radius 3 is 2.76 bits per heavy atom. The van der Waals surface area contributed by atoms with Gasteiger partial charge >= 0.3 is 6.09 Å². The Morgan fingerprint density at radius 1 is 1.53 bits per heavy atom. The van der Waals surface area contributed by atoms with E-state index in [1.165, 1.54) is 6.42 Å². The fourth-order valence-electron chi connectivity index (χ4n) is 2.98. The van der Waals surface area contributed by atoms with Gasteiger partial charge in [0.15, 0.2) is 0 Å². The minimum absolute atomic E-state index is 0.118. The molecule has 0 aromatic rings. The number of carbonyl (C=O) groups excluding carboxylic acids is 1. The van der Waals surface area contributed by atoms with Crippen LogP contribution in [0.15, 0.2) is 0 Å². The van der Waals surface area contributed by atoms with Crippen LogP contribution in [0.1, 0.15) is 46.5 Å². The maximum atomic E-state index is 12.2. The number of alkyl halides is 1. The van der Waals surface area contributed by atoms with E-state index in [9.17, 15) is 4.79 Å². The molecule has 98 valence electrons. The predicted octanol–water partition coefficient (Wildman–Crippen LogP) is 3.56. The molecule has 0 N–H and O–H groups in total. The van der Waals surface area contributed by atoms with Gasteiger partial charge in [-0.25, -0.2) is 4.79 Å². The van der Waals surface area contributed by atoms with E-state index in [1.54, 1.807) is 0 Å². The van der Waals surface area contributed by atoms with Gasteiger partial charge in [0.25, 0.3) is 0 Å². The van der Waals surface area contributed by atoms with E-state index in [4.69, 9.17) is 4.74 Å². The second-order valence-electron chi connectivity index (χ2n) is 6.22. The zero-order chi connectivity index (χ0) is 12.7. The first-order valence-corrected chi connectivity index (χ1v) is 7.58. The summed E-state index contributed by atoms with van der Waals surface area (Å²) < 4.78 is 5.50. The van der Waals surface area contributed by atoms with Gasteiger partial charge in [-0.05, 0) is 52.4 Å². The minimum Gasteiger partial charge on any atom is -0.444 e. The van der Waals surface area contributed by atoms with Gasteiger partial charge in [-0.15, -0.1) is 0 Å². The van der Waals surface area contributed by atoms with Gasteiger partial charge in [-0.1, -0.05) is 15.9 Å². The Balaban J connectivity index is 1.98. The number of carbonyl (C=O) groups is 1. The third-order valence-electron chi connectivity index (χ3n) is 3.80. The van der Waals surface area contributed by atoms with E-state index in [1.807, 2.05) is 25.7 Å². The second kappa shape index (κ2) is 4.45. The fraction of sp³-hybridized carbons (Fsp3) is 0.923. The monoisotopic (exact) mass is 303 g/mol. The summed E-state index contributed by atoms with van der Waals surface area (Å²) in [7, 11) is 0. The van der Waals surface area contributed by atoms with E-state index >= 15 is 0 Å². The largest absolute Gasteiger partial charge is 0.444 e. The molecule has 1 heterocycles. The van der Waals surface area contributed by atoms with Crippen LogP contribution in [-0.2, 0) is 4.74 Å². The molecule has 2 unspecified atom stereocenters. The maximum Gasteiger partial charge on any atom is 0.410 e. The van der Waals surface area contributed by atoms with Crippen LogP contribution < -0.4 is 0 Å².